The van der Waals surface area contributed by atoms with Crippen molar-refractivity contribution in [1.29, 1.82) is 5.26 Å². The molecule has 2 aromatic heterocycles. The van der Waals surface area contributed by atoms with Crippen molar-refractivity contribution < 1.29 is 5.11 Å². The van der Waals surface area contributed by atoms with Gasteiger partial charge in [-0.15, -0.1) is 0 Å². The van der Waals surface area contributed by atoms with Crippen LogP contribution in [0.4, 0.5) is 5.82 Å². The first kappa shape index (κ1) is 15.4. The number of rotatable bonds is 4. The highest BCUT2D eigenvalue weighted by Gasteiger charge is 2.35. The van der Waals surface area contributed by atoms with Crippen molar-refractivity contribution in [3.05, 3.63) is 36.0 Å². The summed E-state index contributed by atoms with van der Waals surface area (Å²) in [6.07, 6.45) is 7.05. The van der Waals surface area contributed by atoms with Gasteiger partial charge in [0.2, 0.25) is 0 Å². The molecule has 0 bridgehead atoms. The molecule has 23 heavy (non-hydrogen) atoms. The predicted molar refractivity (Wildman–Crippen MR) is 84.9 cm³/mol. The van der Waals surface area contributed by atoms with Gasteiger partial charge in [0.1, 0.15) is 11.9 Å². The molecule has 3 heterocycles. The Hall–Kier alpha value is -2.46. The van der Waals surface area contributed by atoms with Crippen LogP contribution in [-0.4, -0.2) is 44.6 Å². The molecule has 120 valence electrons. The molecule has 1 fully saturated rings. The molecule has 2 aromatic rings. The first-order valence-electron chi connectivity index (χ1n) is 7.74. The van der Waals surface area contributed by atoms with Crippen molar-refractivity contribution in [1.82, 2.24) is 19.7 Å². The highest BCUT2D eigenvalue weighted by molar-refractivity contribution is 5.41. The van der Waals surface area contributed by atoms with E-state index in [1.165, 1.54) is 6.20 Å². The highest BCUT2D eigenvalue weighted by Crippen LogP contribution is 2.34. The van der Waals surface area contributed by atoms with E-state index in [0.717, 1.165) is 17.9 Å². The average molecular weight is 312 g/mol. The Balaban J connectivity index is 1.80. The number of anilines is 1. The summed E-state index contributed by atoms with van der Waals surface area (Å²) in [4.78, 5) is 10.5. The summed E-state index contributed by atoms with van der Waals surface area (Å²) < 4.78 is 1.94. The van der Waals surface area contributed by atoms with Gasteiger partial charge >= 0.3 is 0 Å². The zero-order chi connectivity index (χ0) is 16.4. The van der Waals surface area contributed by atoms with Crippen LogP contribution in [0.1, 0.15) is 37.1 Å². The summed E-state index contributed by atoms with van der Waals surface area (Å²) in [5.74, 6) is 1.09. The van der Waals surface area contributed by atoms with Crippen LogP contribution in [0, 0.1) is 17.2 Å². The van der Waals surface area contributed by atoms with E-state index in [0.29, 0.717) is 18.3 Å². The summed E-state index contributed by atoms with van der Waals surface area (Å²) in [5.41, 5.74) is 1.45. The lowest BCUT2D eigenvalue weighted by Crippen LogP contribution is -2.21. The zero-order valence-corrected chi connectivity index (χ0v) is 13.3. The molecule has 0 unspecified atom stereocenters. The van der Waals surface area contributed by atoms with Gasteiger partial charge in [-0.3, -0.25) is 4.68 Å². The van der Waals surface area contributed by atoms with Gasteiger partial charge in [0.05, 0.1) is 18.6 Å². The number of aromatic nitrogens is 4. The molecular formula is C16H20N6O. The summed E-state index contributed by atoms with van der Waals surface area (Å²) in [7, 11) is 0. The fraction of sp³-hybridized carbons (Fsp3) is 0.500. The maximum atomic E-state index is 9.73. The molecule has 0 aliphatic carbocycles. The standard InChI is InChI=1S/C16H20N6O/c1-11(2)22-8-12(4-20-22)15-9-21(7-13(15)10-23)16-6-18-14(3-17)5-19-16/h4-6,8,11,13,15,23H,7,9-10H2,1-2H3/t13-,15-/m0/s1. The summed E-state index contributed by atoms with van der Waals surface area (Å²) in [6, 6.07) is 2.29. The Labute approximate surface area is 135 Å². The van der Waals surface area contributed by atoms with Crippen molar-refractivity contribution >= 4 is 5.82 Å². The van der Waals surface area contributed by atoms with Gasteiger partial charge in [-0.25, -0.2) is 9.97 Å². The SMILES string of the molecule is CC(C)n1cc([C@@H]2CN(c3cnc(C#N)cn3)C[C@H]2CO)cn1. The maximum Gasteiger partial charge on any atom is 0.158 e. The molecule has 0 saturated carbocycles. The first-order chi connectivity index (χ1) is 11.1. The largest absolute Gasteiger partial charge is 0.396 e. The highest BCUT2D eigenvalue weighted by atomic mass is 16.3. The molecule has 0 aromatic carbocycles. The van der Waals surface area contributed by atoms with Crippen LogP contribution in [0.3, 0.4) is 0 Å². The fourth-order valence-electron chi connectivity index (χ4n) is 2.99. The second-order valence-corrected chi connectivity index (χ2v) is 6.17. The molecule has 1 aliphatic rings. The third kappa shape index (κ3) is 3.03. The molecule has 0 spiro atoms. The molecule has 3 rings (SSSR count). The normalized spacial score (nSPS) is 20.9. The van der Waals surface area contributed by atoms with E-state index in [9.17, 15) is 5.11 Å². The Bertz CT molecular complexity index is 702. The van der Waals surface area contributed by atoms with Crippen LogP contribution in [0.15, 0.2) is 24.8 Å². The van der Waals surface area contributed by atoms with Crippen LogP contribution in [0.2, 0.25) is 0 Å². The van der Waals surface area contributed by atoms with Gasteiger partial charge in [0.25, 0.3) is 0 Å². The molecule has 1 N–H and O–H groups in total. The van der Waals surface area contributed by atoms with Crippen LogP contribution in [0.5, 0.6) is 0 Å². The van der Waals surface area contributed by atoms with E-state index in [-0.39, 0.29) is 18.4 Å². The fourth-order valence-corrected chi connectivity index (χ4v) is 2.99. The molecule has 2 atom stereocenters. The van der Waals surface area contributed by atoms with Gasteiger partial charge < -0.3 is 10.0 Å². The van der Waals surface area contributed by atoms with E-state index in [4.69, 9.17) is 5.26 Å². The number of hydrogen-bond donors (Lipinski definition) is 1. The molecular weight excluding hydrogens is 292 g/mol. The summed E-state index contributed by atoms with van der Waals surface area (Å²) in [5, 5.41) is 22.9. The Morgan fingerprint density at radius 1 is 1.30 bits per heavy atom. The van der Waals surface area contributed by atoms with E-state index in [1.54, 1.807) is 6.20 Å². The zero-order valence-electron chi connectivity index (χ0n) is 13.3. The lowest BCUT2D eigenvalue weighted by atomic mass is 9.92. The van der Waals surface area contributed by atoms with E-state index in [2.05, 4.69) is 40.0 Å². The number of aliphatic hydroxyl groups excluding tert-OH is 1. The minimum Gasteiger partial charge on any atom is -0.396 e. The van der Waals surface area contributed by atoms with Crippen LogP contribution >= 0.6 is 0 Å². The lowest BCUT2D eigenvalue weighted by molar-refractivity contribution is 0.227. The van der Waals surface area contributed by atoms with Crippen LogP contribution < -0.4 is 4.90 Å². The van der Waals surface area contributed by atoms with Crippen molar-refractivity contribution in [3.63, 3.8) is 0 Å². The predicted octanol–water partition coefficient (Wildman–Crippen LogP) is 1.34. The van der Waals surface area contributed by atoms with Gasteiger partial charge in [-0.05, 0) is 19.4 Å². The third-order valence-electron chi connectivity index (χ3n) is 4.33. The number of hydrogen-bond acceptors (Lipinski definition) is 6. The maximum absolute atomic E-state index is 9.73. The molecule has 7 heteroatoms. The number of nitrogens with zero attached hydrogens (tertiary/aromatic N) is 6. The van der Waals surface area contributed by atoms with E-state index >= 15 is 0 Å². The Morgan fingerprint density at radius 2 is 2.13 bits per heavy atom. The van der Waals surface area contributed by atoms with Crippen LogP contribution in [0.25, 0.3) is 0 Å². The van der Waals surface area contributed by atoms with Gasteiger partial charge in [-0.1, -0.05) is 0 Å². The van der Waals surface area contributed by atoms with Gasteiger partial charge in [0.15, 0.2) is 5.69 Å². The topological polar surface area (TPSA) is 90.9 Å². The number of aliphatic hydroxyl groups is 1. The molecule has 1 aliphatic heterocycles. The number of nitriles is 1. The lowest BCUT2D eigenvalue weighted by Gasteiger charge is -2.16. The second kappa shape index (κ2) is 6.34. The van der Waals surface area contributed by atoms with Crippen molar-refractivity contribution in [3.8, 4) is 6.07 Å². The average Bonchev–Trinajstić information content (AvgIpc) is 3.21. The molecule has 1 saturated heterocycles. The van der Waals surface area contributed by atoms with E-state index in [1.807, 2.05) is 16.9 Å². The third-order valence-corrected chi connectivity index (χ3v) is 4.33. The van der Waals surface area contributed by atoms with Crippen molar-refractivity contribution in [2.75, 3.05) is 24.6 Å². The Kier molecular flexibility index (Phi) is 4.26. The second-order valence-electron chi connectivity index (χ2n) is 6.17. The van der Waals surface area contributed by atoms with E-state index < -0.39 is 0 Å². The van der Waals surface area contributed by atoms with Gasteiger partial charge in [0, 0.05) is 43.8 Å². The van der Waals surface area contributed by atoms with Crippen molar-refractivity contribution in [2.45, 2.75) is 25.8 Å². The molecule has 7 nitrogen and oxygen atoms in total. The minimum absolute atomic E-state index is 0.123. The summed E-state index contributed by atoms with van der Waals surface area (Å²) >= 11 is 0. The summed E-state index contributed by atoms with van der Waals surface area (Å²) in [6.45, 7) is 5.78. The quantitative estimate of drug-likeness (QED) is 0.916. The van der Waals surface area contributed by atoms with Crippen LogP contribution in [-0.2, 0) is 0 Å². The molecule has 0 amide bonds. The monoisotopic (exact) mass is 312 g/mol. The Morgan fingerprint density at radius 3 is 2.70 bits per heavy atom. The first-order valence-corrected chi connectivity index (χ1v) is 7.74. The van der Waals surface area contributed by atoms with Crippen molar-refractivity contribution in [2.24, 2.45) is 5.92 Å². The van der Waals surface area contributed by atoms with Gasteiger partial charge in [-0.2, -0.15) is 10.4 Å². The molecule has 0 radical (unpaired) electrons. The minimum atomic E-state index is 0.123. The smallest absolute Gasteiger partial charge is 0.158 e.